The maximum atomic E-state index is 12.6. The summed E-state index contributed by atoms with van der Waals surface area (Å²) in [5, 5.41) is 8.14. The predicted molar refractivity (Wildman–Crippen MR) is 49.0 cm³/mol. The molecule has 0 spiro atoms. The third kappa shape index (κ3) is 6.29. The van der Waals surface area contributed by atoms with Crippen LogP contribution in [0.2, 0.25) is 0 Å². The fourth-order valence-electron chi connectivity index (χ4n) is 0.589. The van der Waals surface area contributed by atoms with E-state index in [0.29, 0.717) is 0 Å². The predicted octanol–water partition coefficient (Wildman–Crippen LogP) is 4.51. The molecular weight excluding hydrogens is 305 g/mol. The molecule has 0 atom stereocenters. The number of nitrogens with zero attached hydrogens (tertiary/aromatic N) is 2. The van der Waals surface area contributed by atoms with Crippen molar-refractivity contribution in [2.45, 2.75) is 0 Å². The lowest BCUT2D eigenvalue weighted by molar-refractivity contribution is 0.368. The second kappa shape index (κ2) is 5.74. The van der Waals surface area contributed by atoms with Crippen molar-refractivity contribution in [1.29, 1.82) is 5.39 Å². The third-order valence-electron chi connectivity index (χ3n) is 1.10. The Morgan fingerprint density at radius 3 is 1.88 bits per heavy atom. The Bertz CT molecular complexity index is 409. The fraction of sp³-hybridized carbons (Fsp3) is 0. The van der Waals surface area contributed by atoms with Crippen molar-refractivity contribution in [3.8, 4) is 0 Å². The van der Waals surface area contributed by atoms with Crippen LogP contribution in [0.3, 0.4) is 0 Å². The highest BCUT2D eigenvalue weighted by Crippen LogP contribution is 2.24. The lowest BCUT2D eigenvalue weighted by Gasteiger charge is -1.94. The zero-order valence-electron chi connectivity index (χ0n) is 7.27. The normalized spacial score (nSPS) is 10.1. The molecule has 0 unspecified atom stereocenters. The van der Waals surface area contributed by atoms with Gasteiger partial charge in [0.05, 0.1) is 10.5 Å². The standard InChI is InChI=1S/C6H2BrF2N2.BF4/c7-3-1-5(9)6(11-10)2-4(3)8;2-1(3,4)5/h1-2H;/q+1;-1. The van der Waals surface area contributed by atoms with E-state index in [4.69, 9.17) is 5.39 Å². The summed E-state index contributed by atoms with van der Waals surface area (Å²) in [6.07, 6.45) is 0. The Kier molecular flexibility index (Phi) is 5.30. The quantitative estimate of drug-likeness (QED) is 0.300. The molecule has 2 nitrogen and oxygen atoms in total. The number of hydrogen-bond donors (Lipinski definition) is 0. The van der Waals surface area contributed by atoms with E-state index in [0.717, 1.165) is 12.1 Å². The third-order valence-corrected chi connectivity index (χ3v) is 1.71. The minimum absolute atomic E-state index is 0.00222. The smallest absolute Gasteiger partial charge is 0.418 e. The Morgan fingerprint density at radius 1 is 1.06 bits per heavy atom. The van der Waals surface area contributed by atoms with Crippen LogP contribution in [0.1, 0.15) is 0 Å². The van der Waals surface area contributed by atoms with E-state index >= 15 is 0 Å². The van der Waals surface area contributed by atoms with Crippen molar-refractivity contribution in [1.82, 2.24) is 0 Å². The van der Waals surface area contributed by atoms with Crippen molar-refractivity contribution in [3.63, 3.8) is 0 Å². The Morgan fingerprint density at radius 2 is 1.50 bits per heavy atom. The van der Waals surface area contributed by atoms with Gasteiger partial charge in [-0.05, 0) is 22.0 Å². The first-order valence-corrected chi connectivity index (χ1v) is 4.31. The summed E-state index contributed by atoms with van der Waals surface area (Å²) in [4.78, 5) is 2.54. The van der Waals surface area contributed by atoms with E-state index in [9.17, 15) is 26.0 Å². The van der Waals surface area contributed by atoms with Gasteiger partial charge in [0.15, 0.2) is 4.98 Å². The van der Waals surface area contributed by atoms with Gasteiger partial charge in [0.1, 0.15) is 5.82 Å². The molecule has 0 aliphatic carbocycles. The van der Waals surface area contributed by atoms with Crippen molar-refractivity contribution in [3.05, 3.63) is 33.2 Å². The highest BCUT2D eigenvalue weighted by molar-refractivity contribution is 9.10. The molecule has 0 saturated heterocycles. The molecule has 0 aliphatic heterocycles. The molecule has 0 N–H and O–H groups in total. The van der Waals surface area contributed by atoms with Gasteiger partial charge in [-0.25, -0.2) is 4.39 Å². The maximum Gasteiger partial charge on any atom is 0.673 e. The van der Waals surface area contributed by atoms with Crippen LogP contribution in [0, 0.1) is 17.0 Å². The number of hydrogen-bond acceptors (Lipinski definition) is 1. The first-order valence-electron chi connectivity index (χ1n) is 3.52. The maximum absolute atomic E-state index is 12.6. The Hall–Kier alpha value is -1.24. The number of benzene rings is 1. The van der Waals surface area contributed by atoms with Crippen LogP contribution in [0.4, 0.5) is 31.7 Å². The lowest BCUT2D eigenvalue weighted by atomic mass is 10.3. The minimum atomic E-state index is -6.00. The van der Waals surface area contributed by atoms with Crippen LogP contribution in [-0.4, -0.2) is 7.25 Å². The molecule has 1 aromatic carbocycles. The molecular formula is C6H2BBrF6N2. The van der Waals surface area contributed by atoms with Gasteiger partial charge in [0.2, 0.25) is 11.2 Å². The summed E-state index contributed by atoms with van der Waals surface area (Å²) in [6.45, 7) is 0. The molecule has 1 aromatic rings. The molecule has 0 aliphatic rings. The van der Waals surface area contributed by atoms with Crippen LogP contribution in [-0.2, 0) is 0 Å². The summed E-state index contributed by atoms with van der Waals surface area (Å²) >= 11 is 2.77. The Balaban J connectivity index is 0.000000385. The largest absolute Gasteiger partial charge is 0.673 e. The molecule has 0 heterocycles. The topological polar surface area (TPSA) is 28.1 Å². The second-order valence-electron chi connectivity index (χ2n) is 2.31. The number of halogens is 7. The molecule has 0 saturated carbocycles. The molecule has 0 fully saturated rings. The van der Waals surface area contributed by atoms with Gasteiger partial charge in [-0.3, -0.25) is 0 Å². The summed E-state index contributed by atoms with van der Waals surface area (Å²) < 4.78 is 64.1. The molecule has 88 valence electrons. The first-order chi connectivity index (χ1) is 7.15. The van der Waals surface area contributed by atoms with E-state index in [1.54, 1.807) is 0 Å². The van der Waals surface area contributed by atoms with Crippen LogP contribution >= 0.6 is 15.9 Å². The van der Waals surface area contributed by atoms with Crippen LogP contribution < -0.4 is 0 Å². The fourth-order valence-corrected chi connectivity index (χ4v) is 0.904. The van der Waals surface area contributed by atoms with Gasteiger partial charge in [-0.15, -0.1) is 0 Å². The van der Waals surface area contributed by atoms with Gasteiger partial charge >= 0.3 is 12.9 Å². The van der Waals surface area contributed by atoms with Crippen molar-refractivity contribution in [2.75, 3.05) is 0 Å². The average molecular weight is 307 g/mol. The minimum Gasteiger partial charge on any atom is -0.418 e. The summed E-state index contributed by atoms with van der Waals surface area (Å²) in [6, 6.07) is 1.68. The number of rotatable bonds is 0. The Labute approximate surface area is 94.1 Å². The van der Waals surface area contributed by atoms with Crippen LogP contribution in [0.15, 0.2) is 16.6 Å². The van der Waals surface area contributed by atoms with Crippen LogP contribution in [0.25, 0.3) is 4.98 Å². The molecule has 0 amide bonds. The SMILES string of the molecule is F[B-](F)(F)F.N#[N+]c1cc(F)c(Br)cc1F. The summed E-state index contributed by atoms with van der Waals surface area (Å²) in [5.41, 5.74) is -0.411. The summed E-state index contributed by atoms with van der Waals surface area (Å²) in [7, 11) is -6.00. The average Bonchev–Trinajstić information content (AvgIpc) is 2.08. The molecule has 1 rings (SSSR count). The molecule has 0 aromatic heterocycles. The van der Waals surface area contributed by atoms with E-state index in [2.05, 4.69) is 20.9 Å². The van der Waals surface area contributed by atoms with E-state index < -0.39 is 24.6 Å². The van der Waals surface area contributed by atoms with E-state index in [-0.39, 0.29) is 4.47 Å². The first kappa shape index (κ1) is 14.8. The number of diazo groups is 1. The zero-order chi connectivity index (χ0) is 12.9. The van der Waals surface area contributed by atoms with Crippen molar-refractivity contribution in [2.24, 2.45) is 0 Å². The summed E-state index contributed by atoms with van der Waals surface area (Å²) in [5.74, 6) is -1.44. The lowest BCUT2D eigenvalue weighted by Crippen LogP contribution is -2.02. The molecule has 0 radical (unpaired) electrons. The van der Waals surface area contributed by atoms with Gasteiger partial charge in [-0.1, -0.05) is 0 Å². The van der Waals surface area contributed by atoms with Gasteiger partial charge in [0, 0.05) is 0 Å². The highest BCUT2D eigenvalue weighted by Gasteiger charge is 2.20. The second-order valence-corrected chi connectivity index (χ2v) is 3.17. The van der Waals surface area contributed by atoms with Gasteiger partial charge < -0.3 is 17.3 Å². The highest BCUT2D eigenvalue weighted by atomic mass is 79.9. The van der Waals surface area contributed by atoms with E-state index in [1.165, 1.54) is 0 Å². The molecule has 16 heavy (non-hydrogen) atoms. The monoisotopic (exact) mass is 306 g/mol. The molecule has 10 heteroatoms. The van der Waals surface area contributed by atoms with Gasteiger partial charge in [-0.2, -0.15) is 4.39 Å². The molecule has 0 bridgehead atoms. The van der Waals surface area contributed by atoms with E-state index in [1.807, 2.05) is 0 Å². The van der Waals surface area contributed by atoms with Crippen LogP contribution in [0.5, 0.6) is 0 Å². The zero-order valence-corrected chi connectivity index (χ0v) is 8.86. The van der Waals surface area contributed by atoms with Crippen molar-refractivity contribution >= 4 is 28.9 Å². The van der Waals surface area contributed by atoms with Gasteiger partial charge in [0.25, 0.3) is 0 Å². The van der Waals surface area contributed by atoms with Crippen molar-refractivity contribution < 1.29 is 26.0 Å².